The molecule has 2 N–H and O–H groups in total. The predicted molar refractivity (Wildman–Crippen MR) is 70.2 cm³/mol. The van der Waals surface area contributed by atoms with Gasteiger partial charge in [-0.2, -0.15) is 5.26 Å². The van der Waals surface area contributed by atoms with Crippen LogP contribution in [0.5, 0.6) is 0 Å². The molecule has 0 amide bonds. The van der Waals surface area contributed by atoms with E-state index in [4.69, 9.17) is 11.0 Å². The van der Waals surface area contributed by atoms with Gasteiger partial charge < -0.3 is 5.73 Å². The van der Waals surface area contributed by atoms with Crippen LogP contribution in [0, 0.1) is 11.3 Å². The molecule has 0 atom stereocenters. The van der Waals surface area contributed by atoms with Gasteiger partial charge in [-0.15, -0.1) is 0 Å². The zero-order valence-corrected chi connectivity index (χ0v) is 9.54. The second kappa shape index (κ2) is 3.90. The van der Waals surface area contributed by atoms with Crippen molar-refractivity contribution in [3.63, 3.8) is 0 Å². The van der Waals surface area contributed by atoms with Gasteiger partial charge in [-0.1, -0.05) is 18.2 Å². The largest absolute Gasteiger partial charge is 0.397 e. The molecule has 4 nitrogen and oxygen atoms in total. The summed E-state index contributed by atoms with van der Waals surface area (Å²) in [4.78, 5) is 4.30. The molecule has 0 unspecified atom stereocenters. The fourth-order valence-corrected chi connectivity index (χ4v) is 2.03. The van der Waals surface area contributed by atoms with Gasteiger partial charge in [-0.05, 0) is 24.3 Å². The first-order chi connectivity index (χ1) is 8.79. The Kier molecular flexibility index (Phi) is 2.24. The van der Waals surface area contributed by atoms with Crippen LogP contribution in [0.15, 0.2) is 48.8 Å². The molecule has 3 rings (SSSR count). The second-order valence-corrected chi connectivity index (χ2v) is 4.00. The molecular formula is C14H10N4. The summed E-state index contributed by atoms with van der Waals surface area (Å²) in [6.45, 7) is 0. The van der Waals surface area contributed by atoms with E-state index < -0.39 is 0 Å². The molecular weight excluding hydrogens is 224 g/mol. The molecule has 0 saturated heterocycles. The molecule has 2 aromatic carbocycles. The summed E-state index contributed by atoms with van der Waals surface area (Å²) in [5, 5.41) is 8.91. The lowest BCUT2D eigenvalue weighted by molar-refractivity contribution is 1.09. The minimum atomic E-state index is 0.526. The van der Waals surface area contributed by atoms with Crippen molar-refractivity contribution >= 4 is 16.7 Å². The van der Waals surface area contributed by atoms with E-state index in [0.29, 0.717) is 11.3 Å². The number of anilines is 1. The van der Waals surface area contributed by atoms with Gasteiger partial charge in [0.1, 0.15) is 6.33 Å². The normalized spacial score (nSPS) is 10.4. The molecule has 0 bridgehead atoms. The molecule has 0 aliphatic heterocycles. The zero-order valence-electron chi connectivity index (χ0n) is 9.54. The van der Waals surface area contributed by atoms with Crippen LogP contribution in [0.2, 0.25) is 0 Å². The van der Waals surface area contributed by atoms with Crippen molar-refractivity contribution in [3.05, 3.63) is 54.4 Å². The van der Waals surface area contributed by atoms with Crippen LogP contribution in [-0.2, 0) is 0 Å². The van der Waals surface area contributed by atoms with Crippen molar-refractivity contribution in [2.24, 2.45) is 0 Å². The summed E-state index contributed by atoms with van der Waals surface area (Å²) in [6.07, 6.45) is 1.72. The van der Waals surface area contributed by atoms with Crippen molar-refractivity contribution in [1.29, 1.82) is 5.26 Å². The summed E-state index contributed by atoms with van der Waals surface area (Å²) < 4.78 is 1.92. The molecule has 0 spiro atoms. The van der Waals surface area contributed by atoms with Crippen LogP contribution >= 0.6 is 0 Å². The molecule has 18 heavy (non-hydrogen) atoms. The summed E-state index contributed by atoms with van der Waals surface area (Å²) in [5.41, 5.74) is 9.65. The molecule has 4 heteroatoms. The summed E-state index contributed by atoms with van der Waals surface area (Å²) in [6, 6.07) is 15.3. The smallest absolute Gasteiger partial charge is 0.100 e. The lowest BCUT2D eigenvalue weighted by Gasteiger charge is -2.06. The lowest BCUT2D eigenvalue weighted by atomic mass is 10.2. The molecule has 0 saturated carbocycles. The monoisotopic (exact) mass is 234 g/mol. The van der Waals surface area contributed by atoms with Gasteiger partial charge in [0, 0.05) is 5.69 Å². The molecule has 0 radical (unpaired) electrons. The highest BCUT2D eigenvalue weighted by Gasteiger charge is 2.09. The number of nitrogens with two attached hydrogens (primary N) is 1. The first-order valence-corrected chi connectivity index (χ1v) is 5.51. The van der Waals surface area contributed by atoms with Crippen molar-refractivity contribution in [1.82, 2.24) is 9.55 Å². The lowest BCUT2D eigenvalue weighted by Crippen LogP contribution is -1.96. The Labute approximate surface area is 104 Å². The molecule has 0 aliphatic carbocycles. The molecule has 3 aromatic rings. The topological polar surface area (TPSA) is 67.6 Å². The van der Waals surface area contributed by atoms with Gasteiger partial charge in [0.15, 0.2) is 0 Å². The molecule has 86 valence electrons. The number of hydrogen-bond donors (Lipinski definition) is 1. The Morgan fingerprint density at radius 1 is 1.17 bits per heavy atom. The van der Waals surface area contributed by atoms with Crippen LogP contribution in [0.25, 0.3) is 16.7 Å². The SMILES string of the molecule is N#Cc1cc(N)c2c(c1)ncn2-c1ccccc1. The summed E-state index contributed by atoms with van der Waals surface area (Å²) in [7, 11) is 0. The Balaban J connectivity index is 2.31. The van der Waals surface area contributed by atoms with Gasteiger partial charge in [-0.3, -0.25) is 4.57 Å². The predicted octanol–water partition coefficient (Wildman–Crippen LogP) is 2.48. The van der Waals surface area contributed by atoms with E-state index in [2.05, 4.69) is 11.1 Å². The van der Waals surface area contributed by atoms with Crippen molar-refractivity contribution < 1.29 is 0 Å². The van der Waals surface area contributed by atoms with Gasteiger partial charge in [0.05, 0.1) is 28.4 Å². The van der Waals surface area contributed by atoms with Gasteiger partial charge in [-0.25, -0.2) is 4.98 Å². The van der Waals surface area contributed by atoms with Gasteiger partial charge in [0.2, 0.25) is 0 Å². The Morgan fingerprint density at radius 3 is 2.67 bits per heavy atom. The molecule has 0 aliphatic rings. The standard InChI is InChI=1S/C14H10N4/c15-8-10-6-12(16)14-13(7-10)17-9-18(14)11-4-2-1-3-5-11/h1-7,9H,16H2. The van der Waals surface area contributed by atoms with E-state index in [1.165, 1.54) is 0 Å². The fraction of sp³-hybridized carbons (Fsp3) is 0. The van der Waals surface area contributed by atoms with E-state index >= 15 is 0 Å². The quantitative estimate of drug-likeness (QED) is 0.658. The van der Waals surface area contributed by atoms with Crippen LogP contribution in [-0.4, -0.2) is 9.55 Å². The Bertz CT molecular complexity index is 751. The second-order valence-electron chi connectivity index (χ2n) is 4.00. The van der Waals surface area contributed by atoms with E-state index in [9.17, 15) is 0 Å². The number of para-hydroxylation sites is 1. The first-order valence-electron chi connectivity index (χ1n) is 5.51. The van der Waals surface area contributed by atoms with E-state index in [1.807, 2.05) is 34.9 Å². The van der Waals surface area contributed by atoms with Crippen molar-refractivity contribution in [2.75, 3.05) is 5.73 Å². The average molecular weight is 234 g/mol. The number of hydrogen-bond acceptors (Lipinski definition) is 3. The van der Waals surface area contributed by atoms with Crippen molar-refractivity contribution in [2.45, 2.75) is 0 Å². The number of nitrogen functional groups attached to an aromatic ring is 1. The number of nitrogens with zero attached hydrogens (tertiary/aromatic N) is 3. The van der Waals surface area contributed by atoms with Crippen LogP contribution in [0.1, 0.15) is 5.56 Å². The highest BCUT2D eigenvalue weighted by atomic mass is 15.1. The van der Waals surface area contributed by atoms with Gasteiger partial charge in [0.25, 0.3) is 0 Å². The number of nitriles is 1. The number of fused-ring (bicyclic) bond motifs is 1. The third-order valence-electron chi connectivity index (χ3n) is 2.84. The Hall–Kier alpha value is -2.80. The summed E-state index contributed by atoms with van der Waals surface area (Å²) in [5.74, 6) is 0. The van der Waals surface area contributed by atoms with Crippen molar-refractivity contribution in [3.8, 4) is 11.8 Å². The number of aromatic nitrogens is 2. The van der Waals surface area contributed by atoms with E-state index in [0.717, 1.165) is 16.7 Å². The number of rotatable bonds is 1. The highest BCUT2D eigenvalue weighted by molar-refractivity contribution is 5.90. The minimum Gasteiger partial charge on any atom is -0.397 e. The maximum absolute atomic E-state index is 8.91. The van der Waals surface area contributed by atoms with E-state index in [1.54, 1.807) is 18.5 Å². The molecule has 0 fully saturated rings. The molecule has 1 aromatic heterocycles. The first kappa shape index (κ1) is 10.4. The van der Waals surface area contributed by atoms with Crippen LogP contribution in [0.3, 0.4) is 0 Å². The maximum atomic E-state index is 8.91. The van der Waals surface area contributed by atoms with Gasteiger partial charge >= 0.3 is 0 Å². The zero-order chi connectivity index (χ0) is 12.5. The third kappa shape index (κ3) is 1.50. The minimum absolute atomic E-state index is 0.526. The van der Waals surface area contributed by atoms with Crippen LogP contribution in [0.4, 0.5) is 5.69 Å². The Morgan fingerprint density at radius 2 is 1.94 bits per heavy atom. The summed E-state index contributed by atoms with van der Waals surface area (Å²) >= 11 is 0. The number of imidazole rings is 1. The maximum Gasteiger partial charge on any atom is 0.100 e. The third-order valence-corrected chi connectivity index (χ3v) is 2.84. The highest BCUT2D eigenvalue weighted by Crippen LogP contribution is 2.25. The average Bonchev–Trinajstić information content (AvgIpc) is 2.84. The number of benzene rings is 2. The fourth-order valence-electron chi connectivity index (χ4n) is 2.03. The molecule has 1 heterocycles. The van der Waals surface area contributed by atoms with Crippen LogP contribution < -0.4 is 5.73 Å². The van der Waals surface area contributed by atoms with E-state index in [-0.39, 0.29) is 0 Å².